The Labute approximate surface area is 130 Å². The zero-order chi connectivity index (χ0) is 15.1. The van der Waals surface area contributed by atoms with Crippen LogP contribution in [0.3, 0.4) is 0 Å². The van der Waals surface area contributed by atoms with Gasteiger partial charge in [-0.05, 0) is 49.3 Å². The minimum absolute atomic E-state index is 0.176. The standard InChI is InChI=1S/C18H19N3O/c1-11-4-2-5-12-8-9-15(17(11)12)21-18-19-10-13-14(20-18)6-3-7-16(13)22/h2,4-5,10,15H,3,6-9H2,1H3,(H,19,20,21)/t15-/m1/s1. The van der Waals surface area contributed by atoms with Crippen molar-refractivity contribution in [1.29, 1.82) is 0 Å². The molecule has 1 atom stereocenters. The summed E-state index contributed by atoms with van der Waals surface area (Å²) in [6.07, 6.45) is 6.25. The van der Waals surface area contributed by atoms with E-state index < -0.39 is 0 Å². The van der Waals surface area contributed by atoms with Crippen LogP contribution in [0.5, 0.6) is 0 Å². The average Bonchev–Trinajstić information content (AvgIpc) is 2.92. The number of aryl methyl sites for hydroxylation is 3. The van der Waals surface area contributed by atoms with Gasteiger partial charge in [0, 0.05) is 12.6 Å². The monoisotopic (exact) mass is 293 g/mol. The molecule has 2 aliphatic carbocycles. The van der Waals surface area contributed by atoms with E-state index in [-0.39, 0.29) is 11.8 Å². The largest absolute Gasteiger partial charge is 0.347 e. The Hall–Kier alpha value is -2.23. The number of carbonyl (C=O) groups excluding carboxylic acids is 1. The lowest BCUT2D eigenvalue weighted by Gasteiger charge is -2.18. The molecule has 1 heterocycles. The molecule has 0 spiro atoms. The maximum Gasteiger partial charge on any atom is 0.223 e. The Morgan fingerprint density at radius 1 is 1.23 bits per heavy atom. The molecule has 0 amide bonds. The second kappa shape index (κ2) is 5.20. The molecular formula is C18H19N3O. The lowest BCUT2D eigenvalue weighted by Crippen LogP contribution is -2.17. The summed E-state index contributed by atoms with van der Waals surface area (Å²) in [6, 6.07) is 6.76. The molecule has 2 aromatic rings. The van der Waals surface area contributed by atoms with Gasteiger partial charge in [-0.3, -0.25) is 4.79 Å². The Morgan fingerprint density at radius 2 is 2.14 bits per heavy atom. The van der Waals surface area contributed by atoms with Crippen molar-refractivity contribution in [3.05, 3.63) is 52.3 Å². The summed E-state index contributed by atoms with van der Waals surface area (Å²) in [6.45, 7) is 2.16. The molecule has 0 saturated carbocycles. The van der Waals surface area contributed by atoms with Crippen LogP contribution in [0.15, 0.2) is 24.4 Å². The summed E-state index contributed by atoms with van der Waals surface area (Å²) < 4.78 is 0. The molecule has 0 fully saturated rings. The summed E-state index contributed by atoms with van der Waals surface area (Å²) in [5.41, 5.74) is 5.74. The van der Waals surface area contributed by atoms with Crippen molar-refractivity contribution in [2.24, 2.45) is 0 Å². The SMILES string of the molecule is Cc1cccc2c1[C@H](Nc1ncc3c(n1)CCCC3=O)CC2. The second-order valence-electron chi connectivity index (χ2n) is 6.21. The van der Waals surface area contributed by atoms with Gasteiger partial charge >= 0.3 is 0 Å². The molecule has 1 aromatic heterocycles. The van der Waals surface area contributed by atoms with Crippen LogP contribution in [0.4, 0.5) is 5.95 Å². The van der Waals surface area contributed by atoms with E-state index in [0.29, 0.717) is 17.9 Å². The summed E-state index contributed by atoms with van der Waals surface area (Å²) >= 11 is 0. The molecule has 0 unspecified atom stereocenters. The zero-order valence-electron chi connectivity index (χ0n) is 12.7. The van der Waals surface area contributed by atoms with Crippen LogP contribution in [0.25, 0.3) is 0 Å². The maximum atomic E-state index is 11.8. The average molecular weight is 293 g/mol. The van der Waals surface area contributed by atoms with E-state index in [1.54, 1.807) is 6.20 Å². The fraction of sp³-hybridized carbons (Fsp3) is 0.389. The van der Waals surface area contributed by atoms with Crippen molar-refractivity contribution in [2.75, 3.05) is 5.32 Å². The number of hydrogen-bond donors (Lipinski definition) is 1. The molecule has 4 nitrogen and oxygen atoms in total. The number of aromatic nitrogens is 2. The van der Waals surface area contributed by atoms with E-state index in [0.717, 1.165) is 31.4 Å². The van der Waals surface area contributed by atoms with E-state index in [9.17, 15) is 4.79 Å². The third kappa shape index (κ3) is 2.19. The fourth-order valence-electron chi connectivity index (χ4n) is 3.66. The van der Waals surface area contributed by atoms with Gasteiger partial charge in [-0.15, -0.1) is 0 Å². The highest BCUT2D eigenvalue weighted by Gasteiger charge is 2.25. The van der Waals surface area contributed by atoms with Gasteiger partial charge in [-0.1, -0.05) is 18.2 Å². The third-order valence-corrected chi connectivity index (χ3v) is 4.75. The smallest absolute Gasteiger partial charge is 0.223 e. The van der Waals surface area contributed by atoms with Crippen LogP contribution in [-0.2, 0) is 12.8 Å². The molecule has 2 aliphatic rings. The van der Waals surface area contributed by atoms with Gasteiger partial charge in [0.15, 0.2) is 5.78 Å². The number of hydrogen-bond acceptors (Lipinski definition) is 4. The normalized spacial score (nSPS) is 19.7. The van der Waals surface area contributed by atoms with Gasteiger partial charge in [0.25, 0.3) is 0 Å². The first-order valence-electron chi connectivity index (χ1n) is 7.96. The van der Waals surface area contributed by atoms with Crippen LogP contribution < -0.4 is 5.32 Å². The fourth-order valence-corrected chi connectivity index (χ4v) is 3.66. The lowest BCUT2D eigenvalue weighted by molar-refractivity contribution is 0.0971. The van der Waals surface area contributed by atoms with Crippen LogP contribution >= 0.6 is 0 Å². The van der Waals surface area contributed by atoms with Gasteiger partial charge < -0.3 is 5.32 Å². The van der Waals surface area contributed by atoms with Gasteiger partial charge in [-0.2, -0.15) is 0 Å². The highest BCUT2D eigenvalue weighted by Crippen LogP contribution is 2.35. The first kappa shape index (κ1) is 13.4. The molecule has 4 rings (SSSR count). The van der Waals surface area contributed by atoms with Crippen LogP contribution in [0.2, 0.25) is 0 Å². The molecule has 0 saturated heterocycles. The predicted molar refractivity (Wildman–Crippen MR) is 85.2 cm³/mol. The van der Waals surface area contributed by atoms with E-state index in [1.165, 1.54) is 16.7 Å². The number of ketones is 1. The minimum atomic E-state index is 0.176. The Bertz CT molecular complexity index is 754. The molecule has 4 heteroatoms. The van der Waals surface area contributed by atoms with E-state index in [1.807, 2.05) is 0 Å². The van der Waals surface area contributed by atoms with Gasteiger partial charge in [-0.25, -0.2) is 9.97 Å². The predicted octanol–water partition coefficient (Wildman–Crippen LogP) is 3.40. The van der Waals surface area contributed by atoms with Crippen LogP contribution in [0, 0.1) is 6.92 Å². The van der Waals surface area contributed by atoms with Crippen LogP contribution in [0.1, 0.15) is 58.0 Å². The Morgan fingerprint density at radius 3 is 3.05 bits per heavy atom. The number of rotatable bonds is 2. The van der Waals surface area contributed by atoms with E-state index in [4.69, 9.17) is 0 Å². The summed E-state index contributed by atoms with van der Waals surface area (Å²) in [5.74, 6) is 0.824. The zero-order valence-corrected chi connectivity index (χ0v) is 12.7. The first-order chi connectivity index (χ1) is 10.7. The third-order valence-electron chi connectivity index (χ3n) is 4.75. The van der Waals surface area contributed by atoms with Gasteiger partial charge in [0.05, 0.1) is 17.3 Å². The molecule has 0 bridgehead atoms. The van der Waals surface area contributed by atoms with Gasteiger partial charge in [0.2, 0.25) is 5.95 Å². The Balaban J connectivity index is 1.62. The van der Waals surface area contributed by atoms with Crippen molar-refractivity contribution in [2.45, 2.75) is 45.1 Å². The number of carbonyl (C=O) groups is 1. The van der Waals surface area contributed by atoms with Crippen molar-refractivity contribution >= 4 is 11.7 Å². The number of nitrogens with zero attached hydrogens (tertiary/aromatic N) is 2. The van der Waals surface area contributed by atoms with E-state index in [2.05, 4.69) is 40.4 Å². The van der Waals surface area contributed by atoms with Crippen molar-refractivity contribution in [1.82, 2.24) is 9.97 Å². The number of nitrogens with one attached hydrogen (secondary N) is 1. The number of benzene rings is 1. The van der Waals surface area contributed by atoms with E-state index >= 15 is 0 Å². The maximum absolute atomic E-state index is 11.8. The molecule has 0 aliphatic heterocycles. The number of fused-ring (bicyclic) bond motifs is 2. The molecule has 1 aromatic carbocycles. The quantitative estimate of drug-likeness (QED) is 0.922. The molecular weight excluding hydrogens is 274 g/mol. The topological polar surface area (TPSA) is 54.9 Å². The highest BCUT2D eigenvalue weighted by molar-refractivity contribution is 5.97. The molecule has 22 heavy (non-hydrogen) atoms. The van der Waals surface area contributed by atoms with Crippen LogP contribution in [-0.4, -0.2) is 15.8 Å². The number of anilines is 1. The molecule has 1 N–H and O–H groups in total. The van der Waals surface area contributed by atoms with Crippen molar-refractivity contribution < 1.29 is 4.79 Å². The van der Waals surface area contributed by atoms with Crippen molar-refractivity contribution in [3.8, 4) is 0 Å². The lowest BCUT2D eigenvalue weighted by atomic mass is 9.96. The second-order valence-corrected chi connectivity index (χ2v) is 6.21. The summed E-state index contributed by atoms with van der Waals surface area (Å²) in [4.78, 5) is 20.8. The highest BCUT2D eigenvalue weighted by atomic mass is 16.1. The number of Topliss-reactive ketones (excluding diaryl/α,β-unsaturated/α-hetero) is 1. The molecule has 112 valence electrons. The van der Waals surface area contributed by atoms with Crippen molar-refractivity contribution in [3.63, 3.8) is 0 Å². The Kier molecular flexibility index (Phi) is 3.17. The first-order valence-corrected chi connectivity index (χ1v) is 7.96. The molecule has 0 radical (unpaired) electrons. The minimum Gasteiger partial charge on any atom is -0.347 e. The van der Waals surface area contributed by atoms with Gasteiger partial charge in [0.1, 0.15) is 0 Å². The summed E-state index contributed by atoms with van der Waals surface area (Å²) in [5, 5.41) is 3.47. The summed E-state index contributed by atoms with van der Waals surface area (Å²) in [7, 11) is 0.